The van der Waals surface area contributed by atoms with Gasteiger partial charge in [-0.15, -0.1) is 0 Å². The summed E-state index contributed by atoms with van der Waals surface area (Å²) in [5.74, 6) is 0. The Morgan fingerprint density at radius 3 is 2.56 bits per heavy atom. The summed E-state index contributed by atoms with van der Waals surface area (Å²) in [7, 11) is 2.09. The molecule has 0 aliphatic rings. The van der Waals surface area contributed by atoms with Gasteiger partial charge in [0.25, 0.3) is 0 Å². The van der Waals surface area contributed by atoms with Crippen LogP contribution in [-0.4, -0.2) is 4.57 Å². The van der Waals surface area contributed by atoms with Crippen molar-refractivity contribution < 1.29 is 0 Å². The van der Waals surface area contributed by atoms with Crippen LogP contribution in [0.2, 0.25) is 0 Å². The second-order valence-corrected chi connectivity index (χ2v) is 4.86. The molecule has 0 amide bonds. The average Bonchev–Trinajstić information content (AvgIpc) is 2.67. The number of aryl methyl sites for hydroxylation is 2. The second-order valence-electron chi connectivity index (χ2n) is 4.86. The predicted octanol–water partition coefficient (Wildman–Crippen LogP) is 4.59. The summed E-state index contributed by atoms with van der Waals surface area (Å²) >= 11 is 0. The first-order valence-corrected chi connectivity index (χ1v) is 6.51. The first-order valence-electron chi connectivity index (χ1n) is 6.51. The van der Waals surface area contributed by atoms with Gasteiger partial charge in [0.2, 0.25) is 0 Å². The Balaban J connectivity index is 2.43. The Morgan fingerprint density at radius 2 is 2.00 bits per heavy atom. The van der Waals surface area contributed by atoms with Crippen molar-refractivity contribution in [3.05, 3.63) is 58.9 Å². The van der Waals surface area contributed by atoms with E-state index in [0.29, 0.717) is 0 Å². The highest BCUT2D eigenvalue weighted by atomic mass is 14.9. The molecule has 1 heteroatoms. The zero-order chi connectivity index (χ0) is 13.1. The van der Waals surface area contributed by atoms with Crippen molar-refractivity contribution in [1.82, 2.24) is 4.57 Å². The van der Waals surface area contributed by atoms with Crippen LogP contribution in [-0.2, 0) is 7.05 Å². The summed E-state index contributed by atoms with van der Waals surface area (Å²) in [5.41, 5.74) is 6.68. The maximum absolute atomic E-state index is 2.31. The van der Waals surface area contributed by atoms with Gasteiger partial charge in [-0.2, -0.15) is 0 Å². The first kappa shape index (κ1) is 12.7. The minimum Gasteiger partial charge on any atom is -0.354 e. The molecule has 2 aromatic rings. The molecule has 0 unspecified atom stereocenters. The van der Waals surface area contributed by atoms with Crippen molar-refractivity contribution in [2.75, 3.05) is 0 Å². The number of aromatic nitrogens is 1. The Morgan fingerprint density at radius 1 is 1.22 bits per heavy atom. The summed E-state index contributed by atoms with van der Waals surface area (Å²) in [6.45, 7) is 6.52. The molecule has 18 heavy (non-hydrogen) atoms. The minimum atomic E-state index is 1.05. The SMILES string of the molecule is CC/C(=C\c1ccn(C)c1C)c1cccc(C)c1. The van der Waals surface area contributed by atoms with E-state index in [4.69, 9.17) is 0 Å². The van der Waals surface area contributed by atoms with Crippen LogP contribution in [0.5, 0.6) is 0 Å². The van der Waals surface area contributed by atoms with Gasteiger partial charge in [0.15, 0.2) is 0 Å². The maximum Gasteiger partial charge on any atom is 0.0213 e. The first-order chi connectivity index (χ1) is 8.61. The lowest BCUT2D eigenvalue weighted by Crippen LogP contribution is -1.89. The van der Waals surface area contributed by atoms with E-state index >= 15 is 0 Å². The largest absolute Gasteiger partial charge is 0.354 e. The van der Waals surface area contributed by atoms with E-state index < -0.39 is 0 Å². The Hall–Kier alpha value is -1.76. The number of rotatable bonds is 3. The van der Waals surface area contributed by atoms with Crippen LogP contribution in [0.3, 0.4) is 0 Å². The van der Waals surface area contributed by atoms with Gasteiger partial charge in [-0.05, 0) is 49.1 Å². The average molecular weight is 239 g/mol. The summed E-state index contributed by atoms with van der Waals surface area (Å²) < 4.78 is 2.16. The Bertz CT molecular complexity index is 573. The van der Waals surface area contributed by atoms with Crippen molar-refractivity contribution in [3.8, 4) is 0 Å². The molecule has 0 aliphatic heterocycles. The molecule has 1 nitrogen and oxygen atoms in total. The summed E-state index contributed by atoms with van der Waals surface area (Å²) in [4.78, 5) is 0. The molecule has 0 fully saturated rings. The van der Waals surface area contributed by atoms with E-state index in [1.54, 1.807) is 0 Å². The second kappa shape index (κ2) is 5.26. The van der Waals surface area contributed by atoms with Crippen LogP contribution in [0.15, 0.2) is 36.5 Å². The third kappa shape index (κ3) is 2.56. The van der Waals surface area contributed by atoms with Crippen LogP contribution in [0.4, 0.5) is 0 Å². The fourth-order valence-corrected chi connectivity index (χ4v) is 2.20. The highest BCUT2D eigenvalue weighted by molar-refractivity contribution is 5.82. The molecule has 1 aromatic carbocycles. The van der Waals surface area contributed by atoms with E-state index in [2.05, 4.69) is 75.0 Å². The summed E-state index contributed by atoms with van der Waals surface area (Å²) in [5, 5.41) is 0. The zero-order valence-corrected chi connectivity index (χ0v) is 11.7. The van der Waals surface area contributed by atoms with Crippen molar-refractivity contribution in [2.24, 2.45) is 7.05 Å². The zero-order valence-electron chi connectivity index (χ0n) is 11.7. The quantitative estimate of drug-likeness (QED) is 0.738. The molecule has 0 atom stereocenters. The van der Waals surface area contributed by atoms with Crippen molar-refractivity contribution in [1.29, 1.82) is 0 Å². The van der Waals surface area contributed by atoms with Gasteiger partial charge in [-0.3, -0.25) is 0 Å². The summed E-state index contributed by atoms with van der Waals surface area (Å²) in [6, 6.07) is 10.9. The number of hydrogen-bond donors (Lipinski definition) is 0. The monoisotopic (exact) mass is 239 g/mol. The van der Waals surface area contributed by atoms with Gasteiger partial charge >= 0.3 is 0 Å². The van der Waals surface area contributed by atoms with Gasteiger partial charge in [-0.1, -0.05) is 36.8 Å². The molecular formula is C17H21N. The molecule has 0 N–H and O–H groups in total. The lowest BCUT2D eigenvalue weighted by atomic mass is 9.99. The number of benzene rings is 1. The minimum absolute atomic E-state index is 1.05. The number of hydrogen-bond acceptors (Lipinski definition) is 0. The number of allylic oxidation sites excluding steroid dienone is 1. The smallest absolute Gasteiger partial charge is 0.0213 e. The lowest BCUT2D eigenvalue weighted by Gasteiger charge is -2.07. The third-order valence-corrected chi connectivity index (χ3v) is 3.52. The molecule has 0 bridgehead atoms. The standard InChI is InChI=1S/C17H21N/c1-5-15(17-8-6-7-13(2)11-17)12-16-9-10-18(4)14(16)3/h6-12H,5H2,1-4H3/b15-12+. The van der Waals surface area contributed by atoms with Crippen LogP contribution in [0.1, 0.15) is 35.7 Å². The molecule has 94 valence electrons. The molecule has 1 aromatic heterocycles. The molecular weight excluding hydrogens is 218 g/mol. The fourth-order valence-electron chi connectivity index (χ4n) is 2.20. The molecule has 2 rings (SSSR count). The van der Waals surface area contributed by atoms with Gasteiger partial charge in [0.05, 0.1) is 0 Å². The topological polar surface area (TPSA) is 4.93 Å². The van der Waals surface area contributed by atoms with Crippen molar-refractivity contribution >= 4 is 11.6 Å². The van der Waals surface area contributed by atoms with E-state index in [-0.39, 0.29) is 0 Å². The van der Waals surface area contributed by atoms with E-state index in [9.17, 15) is 0 Å². The van der Waals surface area contributed by atoms with E-state index in [1.807, 2.05) is 0 Å². The molecule has 0 aliphatic carbocycles. The van der Waals surface area contributed by atoms with Gasteiger partial charge in [0, 0.05) is 18.9 Å². The predicted molar refractivity (Wildman–Crippen MR) is 79.5 cm³/mol. The highest BCUT2D eigenvalue weighted by Gasteiger charge is 2.03. The van der Waals surface area contributed by atoms with Crippen molar-refractivity contribution in [3.63, 3.8) is 0 Å². The van der Waals surface area contributed by atoms with Gasteiger partial charge in [0.1, 0.15) is 0 Å². The van der Waals surface area contributed by atoms with E-state index in [1.165, 1.54) is 28.0 Å². The van der Waals surface area contributed by atoms with Crippen LogP contribution in [0, 0.1) is 13.8 Å². The molecule has 1 heterocycles. The molecule has 0 spiro atoms. The molecule has 0 radical (unpaired) electrons. The maximum atomic E-state index is 2.31. The third-order valence-electron chi connectivity index (χ3n) is 3.52. The normalized spacial score (nSPS) is 11.9. The van der Waals surface area contributed by atoms with Crippen LogP contribution in [0.25, 0.3) is 11.6 Å². The van der Waals surface area contributed by atoms with Crippen LogP contribution < -0.4 is 0 Å². The van der Waals surface area contributed by atoms with Crippen molar-refractivity contribution in [2.45, 2.75) is 27.2 Å². The van der Waals surface area contributed by atoms with E-state index in [0.717, 1.165) is 6.42 Å². The van der Waals surface area contributed by atoms with Gasteiger partial charge in [-0.25, -0.2) is 0 Å². The molecule has 0 saturated carbocycles. The fraction of sp³-hybridized carbons (Fsp3) is 0.294. The summed E-state index contributed by atoms with van der Waals surface area (Å²) in [6.07, 6.45) is 5.48. The van der Waals surface area contributed by atoms with Gasteiger partial charge < -0.3 is 4.57 Å². The molecule has 0 saturated heterocycles. The highest BCUT2D eigenvalue weighted by Crippen LogP contribution is 2.23. The lowest BCUT2D eigenvalue weighted by molar-refractivity contribution is 0.881. The Kier molecular flexibility index (Phi) is 3.71. The number of nitrogens with zero attached hydrogens (tertiary/aromatic N) is 1. The Labute approximate surface area is 110 Å². The van der Waals surface area contributed by atoms with Crippen LogP contribution >= 0.6 is 0 Å².